The third-order valence-electron chi connectivity index (χ3n) is 5.20. The van der Waals surface area contributed by atoms with Crippen LogP contribution in [0.1, 0.15) is 122 Å². The van der Waals surface area contributed by atoms with Gasteiger partial charge < -0.3 is 4.74 Å². The molecule has 0 radical (unpaired) electrons. The van der Waals surface area contributed by atoms with E-state index >= 15 is 0 Å². The number of carbonyl (C=O) groups is 1. The fraction of sp³-hybridized carbons (Fsp3) is 0.955. The molecule has 142 valence electrons. The van der Waals surface area contributed by atoms with Gasteiger partial charge in [-0.15, -0.1) is 0 Å². The molecule has 1 aliphatic rings. The van der Waals surface area contributed by atoms with Gasteiger partial charge in [-0.3, -0.25) is 4.79 Å². The average Bonchev–Trinajstić information content (AvgIpc) is 3.40. The zero-order valence-corrected chi connectivity index (χ0v) is 16.3. The van der Waals surface area contributed by atoms with Crippen molar-refractivity contribution in [3.8, 4) is 0 Å². The van der Waals surface area contributed by atoms with Crippen molar-refractivity contribution in [2.75, 3.05) is 6.61 Å². The van der Waals surface area contributed by atoms with Gasteiger partial charge in [0.05, 0.1) is 6.61 Å². The van der Waals surface area contributed by atoms with E-state index in [-0.39, 0.29) is 5.97 Å². The summed E-state index contributed by atoms with van der Waals surface area (Å²) < 4.78 is 5.33. The van der Waals surface area contributed by atoms with Crippen molar-refractivity contribution in [3.05, 3.63) is 0 Å². The Morgan fingerprint density at radius 2 is 1.29 bits per heavy atom. The predicted octanol–water partition coefficient (Wildman–Crippen LogP) is 7.20. The molecule has 0 spiro atoms. The summed E-state index contributed by atoms with van der Waals surface area (Å²) in [6.07, 6.45) is 23.1. The summed E-state index contributed by atoms with van der Waals surface area (Å²) in [4.78, 5) is 11.6. The SMILES string of the molecule is CCCCCCCCCC(=O)OCCCCCCCCCC1CC1. The Morgan fingerprint density at radius 1 is 0.750 bits per heavy atom. The highest BCUT2D eigenvalue weighted by Crippen LogP contribution is 2.34. The number of rotatable bonds is 18. The predicted molar refractivity (Wildman–Crippen MR) is 103 cm³/mol. The normalized spacial score (nSPS) is 14.0. The maximum Gasteiger partial charge on any atom is 0.305 e. The van der Waals surface area contributed by atoms with E-state index in [1.807, 2.05) is 0 Å². The molecule has 0 bridgehead atoms. The topological polar surface area (TPSA) is 26.3 Å². The fourth-order valence-electron chi connectivity index (χ4n) is 3.31. The Kier molecular flexibility index (Phi) is 14.3. The highest BCUT2D eigenvalue weighted by Gasteiger charge is 2.19. The van der Waals surface area contributed by atoms with E-state index in [9.17, 15) is 4.79 Å². The summed E-state index contributed by atoms with van der Waals surface area (Å²) >= 11 is 0. The van der Waals surface area contributed by atoms with E-state index in [4.69, 9.17) is 4.74 Å². The van der Waals surface area contributed by atoms with E-state index in [2.05, 4.69) is 6.92 Å². The molecule has 0 unspecified atom stereocenters. The minimum Gasteiger partial charge on any atom is -0.466 e. The van der Waals surface area contributed by atoms with Crippen molar-refractivity contribution in [2.45, 2.75) is 122 Å². The lowest BCUT2D eigenvalue weighted by Gasteiger charge is -2.05. The maximum atomic E-state index is 11.6. The zero-order valence-electron chi connectivity index (χ0n) is 16.3. The van der Waals surface area contributed by atoms with Gasteiger partial charge in [-0.05, 0) is 18.8 Å². The number of hydrogen-bond acceptors (Lipinski definition) is 2. The molecule has 1 fully saturated rings. The first-order valence-electron chi connectivity index (χ1n) is 11.0. The Bertz CT molecular complexity index is 284. The van der Waals surface area contributed by atoms with Gasteiger partial charge in [-0.2, -0.15) is 0 Å². The molecule has 2 nitrogen and oxygen atoms in total. The summed E-state index contributed by atoms with van der Waals surface area (Å²) in [5.74, 6) is 1.12. The molecule has 0 saturated heterocycles. The largest absolute Gasteiger partial charge is 0.466 e. The number of hydrogen-bond donors (Lipinski definition) is 0. The maximum absolute atomic E-state index is 11.6. The van der Waals surface area contributed by atoms with E-state index < -0.39 is 0 Å². The van der Waals surface area contributed by atoms with E-state index in [0.29, 0.717) is 13.0 Å². The van der Waals surface area contributed by atoms with E-state index in [1.165, 1.54) is 96.3 Å². The van der Waals surface area contributed by atoms with Crippen LogP contribution in [0.3, 0.4) is 0 Å². The van der Waals surface area contributed by atoms with Crippen LogP contribution in [0.4, 0.5) is 0 Å². The second kappa shape index (κ2) is 16.0. The lowest BCUT2D eigenvalue weighted by molar-refractivity contribution is -0.143. The van der Waals surface area contributed by atoms with Crippen LogP contribution in [-0.2, 0) is 9.53 Å². The van der Waals surface area contributed by atoms with Crippen LogP contribution in [0.25, 0.3) is 0 Å². The van der Waals surface area contributed by atoms with Crippen molar-refractivity contribution < 1.29 is 9.53 Å². The third kappa shape index (κ3) is 15.0. The summed E-state index contributed by atoms with van der Waals surface area (Å²) in [6.45, 7) is 2.88. The first kappa shape index (κ1) is 21.5. The molecule has 24 heavy (non-hydrogen) atoms. The molecular formula is C22H42O2. The van der Waals surface area contributed by atoms with Gasteiger partial charge in [0.15, 0.2) is 0 Å². The summed E-state index contributed by atoms with van der Waals surface area (Å²) in [6, 6.07) is 0. The molecule has 0 aromatic rings. The van der Waals surface area contributed by atoms with Crippen molar-refractivity contribution >= 4 is 5.97 Å². The molecule has 2 heteroatoms. The molecule has 0 aromatic heterocycles. The molecule has 1 rings (SSSR count). The van der Waals surface area contributed by atoms with Crippen LogP contribution in [-0.4, -0.2) is 12.6 Å². The first-order chi connectivity index (χ1) is 11.8. The Labute approximate surface area is 151 Å². The molecule has 0 aromatic carbocycles. The van der Waals surface area contributed by atoms with Gasteiger partial charge in [0.2, 0.25) is 0 Å². The van der Waals surface area contributed by atoms with Gasteiger partial charge in [-0.25, -0.2) is 0 Å². The fourth-order valence-corrected chi connectivity index (χ4v) is 3.31. The quantitative estimate of drug-likeness (QED) is 0.195. The van der Waals surface area contributed by atoms with E-state index in [0.717, 1.165) is 18.8 Å². The molecular weight excluding hydrogens is 296 g/mol. The Hall–Kier alpha value is -0.530. The molecule has 0 heterocycles. The minimum absolute atomic E-state index is 0.0173. The lowest BCUT2D eigenvalue weighted by atomic mass is 10.1. The molecule has 1 aliphatic carbocycles. The molecule has 0 aliphatic heterocycles. The average molecular weight is 339 g/mol. The monoisotopic (exact) mass is 338 g/mol. The number of esters is 1. The molecule has 0 atom stereocenters. The highest BCUT2D eigenvalue weighted by molar-refractivity contribution is 5.69. The van der Waals surface area contributed by atoms with E-state index in [1.54, 1.807) is 0 Å². The number of carbonyl (C=O) groups excluding carboxylic acids is 1. The van der Waals surface area contributed by atoms with Gasteiger partial charge in [0.1, 0.15) is 0 Å². The summed E-state index contributed by atoms with van der Waals surface area (Å²) in [5, 5.41) is 0. The van der Waals surface area contributed by atoms with Gasteiger partial charge in [0.25, 0.3) is 0 Å². The van der Waals surface area contributed by atoms with Crippen LogP contribution in [0.2, 0.25) is 0 Å². The molecule has 0 amide bonds. The Morgan fingerprint density at radius 3 is 1.92 bits per heavy atom. The third-order valence-corrected chi connectivity index (χ3v) is 5.20. The second-order valence-corrected chi connectivity index (χ2v) is 7.80. The van der Waals surface area contributed by atoms with Crippen molar-refractivity contribution in [1.29, 1.82) is 0 Å². The number of ether oxygens (including phenoxy) is 1. The first-order valence-corrected chi connectivity index (χ1v) is 11.0. The second-order valence-electron chi connectivity index (χ2n) is 7.80. The summed E-state index contributed by atoms with van der Waals surface area (Å²) in [7, 11) is 0. The van der Waals surface area contributed by atoms with Crippen molar-refractivity contribution in [1.82, 2.24) is 0 Å². The lowest BCUT2D eigenvalue weighted by Crippen LogP contribution is -2.05. The Balaban J connectivity index is 1.69. The molecule has 0 N–H and O–H groups in total. The number of unbranched alkanes of at least 4 members (excludes halogenated alkanes) is 12. The smallest absolute Gasteiger partial charge is 0.305 e. The van der Waals surface area contributed by atoms with Crippen LogP contribution in [0.5, 0.6) is 0 Å². The van der Waals surface area contributed by atoms with Crippen molar-refractivity contribution in [2.24, 2.45) is 5.92 Å². The highest BCUT2D eigenvalue weighted by atomic mass is 16.5. The van der Waals surface area contributed by atoms with Crippen molar-refractivity contribution in [3.63, 3.8) is 0 Å². The van der Waals surface area contributed by atoms with Gasteiger partial charge >= 0.3 is 5.97 Å². The van der Waals surface area contributed by atoms with Crippen LogP contribution in [0, 0.1) is 5.92 Å². The van der Waals surface area contributed by atoms with Crippen LogP contribution >= 0.6 is 0 Å². The minimum atomic E-state index is 0.0173. The summed E-state index contributed by atoms with van der Waals surface area (Å²) in [5.41, 5.74) is 0. The standard InChI is InChI=1S/C22H42O2/c1-2-3-4-5-7-11-14-17-22(23)24-20-15-12-9-6-8-10-13-16-21-18-19-21/h21H,2-20H2,1H3. The molecule has 1 saturated carbocycles. The van der Waals surface area contributed by atoms with Gasteiger partial charge in [0, 0.05) is 6.42 Å². The van der Waals surface area contributed by atoms with Crippen LogP contribution in [0.15, 0.2) is 0 Å². The van der Waals surface area contributed by atoms with Crippen LogP contribution < -0.4 is 0 Å². The zero-order chi connectivity index (χ0) is 17.3. The van der Waals surface area contributed by atoms with Gasteiger partial charge in [-0.1, -0.05) is 103 Å².